The quantitative estimate of drug-likeness (QED) is 0.562. The molecule has 0 aliphatic heterocycles. The molecule has 1 N–H and O–H groups in total. The molecule has 3 heteroatoms. The van der Waals surface area contributed by atoms with Crippen LogP contribution < -0.4 is 5.32 Å². The molecule has 0 spiro atoms. The van der Waals surface area contributed by atoms with E-state index in [-0.39, 0.29) is 18.1 Å². The molecule has 0 radical (unpaired) electrons. The van der Waals surface area contributed by atoms with Crippen molar-refractivity contribution in [3.8, 4) is 0 Å². The summed E-state index contributed by atoms with van der Waals surface area (Å²) in [5.41, 5.74) is 0.666. The summed E-state index contributed by atoms with van der Waals surface area (Å²) in [6.07, 6.45) is 1.07. The lowest BCUT2D eigenvalue weighted by Gasteiger charge is -2.12. The summed E-state index contributed by atoms with van der Waals surface area (Å²) in [7, 11) is 1.77. The Morgan fingerprint density at radius 2 is 2.07 bits per heavy atom. The van der Waals surface area contributed by atoms with Gasteiger partial charge >= 0.3 is 0 Å². The number of carbonyl (C=O) groups is 2. The third-order valence-corrected chi connectivity index (χ3v) is 2.26. The van der Waals surface area contributed by atoms with Gasteiger partial charge in [-0.15, -0.1) is 0 Å². The van der Waals surface area contributed by atoms with E-state index in [9.17, 15) is 9.59 Å². The largest absolute Gasteiger partial charge is 0.319 e. The zero-order chi connectivity index (χ0) is 11.1. The number of carbonyl (C=O) groups excluding carboxylic acids is 2. The Balaban J connectivity index is 2.76. The maximum absolute atomic E-state index is 11.9. The molecule has 1 rings (SSSR count). The van der Waals surface area contributed by atoms with Crippen LogP contribution >= 0.6 is 0 Å². The van der Waals surface area contributed by atoms with E-state index in [0.717, 1.165) is 6.29 Å². The molecule has 3 nitrogen and oxygen atoms in total. The zero-order valence-corrected chi connectivity index (χ0v) is 8.77. The van der Waals surface area contributed by atoms with Crippen molar-refractivity contribution in [1.82, 2.24) is 5.32 Å². The molecule has 0 amide bonds. The molecule has 0 saturated carbocycles. The maximum atomic E-state index is 11.9. The Labute approximate surface area is 89.5 Å². The van der Waals surface area contributed by atoms with Gasteiger partial charge in [-0.3, -0.25) is 4.79 Å². The van der Waals surface area contributed by atoms with Gasteiger partial charge in [0.1, 0.15) is 6.29 Å². The summed E-state index contributed by atoms with van der Waals surface area (Å²) in [6.45, 7) is 0.534. The molecule has 1 unspecified atom stereocenters. The molecule has 0 saturated heterocycles. The maximum Gasteiger partial charge on any atom is 0.167 e. The number of ketones is 1. The molecular weight excluding hydrogens is 190 g/mol. The molecule has 15 heavy (non-hydrogen) atoms. The molecule has 0 fully saturated rings. The average Bonchev–Trinajstić information content (AvgIpc) is 2.29. The van der Waals surface area contributed by atoms with E-state index in [1.165, 1.54) is 0 Å². The van der Waals surface area contributed by atoms with Gasteiger partial charge in [0.2, 0.25) is 0 Å². The lowest BCUT2D eigenvalue weighted by molar-refractivity contribution is -0.108. The van der Waals surface area contributed by atoms with Crippen molar-refractivity contribution in [2.24, 2.45) is 5.92 Å². The van der Waals surface area contributed by atoms with Crippen LogP contribution in [0.2, 0.25) is 0 Å². The molecule has 1 aromatic carbocycles. The molecule has 80 valence electrons. The highest BCUT2D eigenvalue weighted by Crippen LogP contribution is 2.10. The van der Waals surface area contributed by atoms with Crippen molar-refractivity contribution >= 4 is 12.1 Å². The van der Waals surface area contributed by atoms with Gasteiger partial charge in [0, 0.05) is 24.4 Å². The summed E-state index contributed by atoms with van der Waals surface area (Å²) in [4.78, 5) is 22.4. The summed E-state index contributed by atoms with van der Waals surface area (Å²) in [5, 5.41) is 2.92. The van der Waals surface area contributed by atoms with Gasteiger partial charge in [-0.05, 0) is 7.05 Å². The highest BCUT2D eigenvalue weighted by atomic mass is 16.1. The molecule has 0 aromatic heterocycles. The third-order valence-electron chi connectivity index (χ3n) is 2.26. The van der Waals surface area contributed by atoms with Crippen LogP contribution in [0.3, 0.4) is 0 Å². The molecular formula is C12H15NO2. The van der Waals surface area contributed by atoms with Gasteiger partial charge < -0.3 is 10.1 Å². The van der Waals surface area contributed by atoms with Crippen LogP contribution in [0.1, 0.15) is 16.8 Å². The number of benzene rings is 1. The van der Waals surface area contributed by atoms with Gasteiger partial charge in [0.15, 0.2) is 5.78 Å². The normalized spacial score (nSPS) is 12.1. The Morgan fingerprint density at radius 3 is 2.60 bits per heavy atom. The second-order valence-corrected chi connectivity index (χ2v) is 3.39. The smallest absolute Gasteiger partial charge is 0.167 e. The number of nitrogens with one attached hydrogen (secondary N) is 1. The van der Waals surface area contributed by atoms with Crippen molar-refractivity contribution in [3.63, 3.8) is 0 Å². The van der Waals surface area contributed by atoms with Crippen LogP contribution in [0, 0.1) is 5.92 Å². The van der Waals surface area contributed by atoms with Crippen LogP contribution in [0.25, 0.3) is 0 Å². The first kappa shape index (κ1) is 11.6. The van der Waals surface area contributed by atoms with Crippen molar-refractivity contribution in [1.29, 1.82) is 0 Å². The van der Waals surface area contributed by atoms with Gasteiger partial charge in [0.05, 0.1) is 0 Å². The SMILES string of the molecule is CNCC(CC=O)C(=O)c1ccccc1. The minimum absolute atomic E-state index is 0.0250. The number of hydrogen-bond donors (Lipinski definition) is 1. The molecule has 0 aliphatic carbocycles. The van der Waals surface area contributed by atoms with Crippen molar-refractivity contribution < 1.29 is 9.59 Å². The fraction of sp³-hybridized carbons (Fsp3) is 0.333. The minimum Gasteiger partial charge on any atom is -0.319 e. The second-order valence-electron chi connectivity index (χ2n) is 3.39. The van der Waals surface area contributed by atoms with Crippen molar-refractivity contribution in [2.75, 3.05) is 13.6 Å². The topological polar surface area (TPSA) is 46.2 Å². The van der Waals surface area contributed by atoms with E-state index >= 15 is 0 Å². The van der Waals surface area contributed by atoms with E-state index in [2.05, 4.69) is 5.32 Å². The highest BCUT2D eigenvalue weighted by Gasteiger charge is 2.18. The zero-order valence-electron chi connectivity index (χ0n) is 8.77. The fourth-order valence-corrected chi connectivity index (χ4v) is 1.48. The first-order valence-electron chi connectivity index (χ1n) is 4.97. The standard InChI is InChI=1S/C12H15NO2/c1-13-9-11(7-8-14)12(15)10-5-3-2-4-6-10/h2-6,8,11,13H,7,9H2,1H3. The van der Waals surface area contributed by atoms with Crippen molar-refractivity contribution in [3.05, 3.63) is 35.9 Å². The van der Waals surface area contributed by atoms with E-state index in [0.29, 0.717) is 12.1 Å². The van der Waals surface area contributed by atoms with E-state index in [1.807, 2.05) is 18.2 Å². The van der Waals surface area contributed by atoms with Gasteiger partial charge in [-0.1, -0.05) is 30.3 Å². The van der Waals surface area contributed by atoms with Crippen LogP contribution in [-0.4, -0.2) is 25.7 Å². The Kier molecular flexibility index (Phi) is 4.71. The summed E-state index contributed by atoms with van der Waals surface area (Å²) >= 11 is 0. The number of rotatable bonds is 6. The molecule has 0 bridgehead atoms. The lowest BCUT2D eigenvalue weighted by Crippen LogP contribution is -2.26. The Hall–Kier alpha value is -1.48. The van der Waals surface area contributed by atoms with E-state index in [1.54, 1.807) is 19.2 Å². The Bertz CT molecular complexity index is 322. The predicted octanol–water partition coefficient (Wildman–Crippen LogP) is 1.29. The number of hydrogen-bond acceptors (Lipinski definition) is 3. The van der Waals surface area contributed by atoms with Gasteiger partial charge in [0.25, 0.3) is 0 Å². The molecule has 0 aliphatic rings. The molecule has 1 atom stereocenters. The molecule has 1 aromatic rings. The van der Waals surface area contributed by atoms with Crippen LogP contribution in [0.4, 0.5) is 0 Å². The fourth-order valence-electron chi connectivity index (χ4n) is 1.48. The Morgan fingerprint density at radius 1 is 1.40 bits per heavy atom. The van der Waals surface area contributed by atoms with Crippen LogP contribution in [-0.2, 0) is 4.79 Å². The monoisotopic (exact) mass is 205 g/mol. The van der Waals surface area contributed by atoms with Crippen molar-refractivity contribution in [2.45, 2.75) is 6.42 Å². The summed E-state index contributed by atoms with van der Waals surface area (Å²) in [6, 6.07) is 9.06. The minimum atomic E-state index is -0.255. The number of Topliss-reactive ketones (excluding diaryl/α,β-unsaturated/α-hetero) is 1. The van der Waals surface area contributed by atoms with Crippen LogP contribution in [0.5, 0.6) is 0 Å². The summed E-state index contributed by atoms with van der Waals surface area (Å²) in [5.74, 6) is -0.230. The van der Waals surface area contributed by atoms with E-state index in [4.69, 9.17) is 0 Å². The van der Waals surface area contributed by atoms with Gasteiger partial charge in [-0.2, -0.15) is 0 Å². The number of aldehydes is 1. The molecule has 0 heterocycles. The first-order chi connectivity index (χ1) is 7.29. The summed E-state index contributed by atoms with van der Waals surface area (Å²) < 4.78 is 0. The average molecular weight is 205 g/mol. The lowest BCUT2D eigenvalue weighted by atomic mass is 9.95. The second kappa shape index (κ2) is 6.09. The highest BCUT2D eigenvalue weighted by molar-refractivity contribution is 5.98. The first-order valence-corrected chi connectivity index (χ1v) is 4.97. The van der Waals surface area contributed by atoms with E-state index < -0.39 is 0 Å². The van der Waals surface area contributed by atoms with Crippen LogP contribution in [0.15, 0.2) is 30.3 Å². The third kappa shape index (κ3) is 3.29. The van der Waals surface area contributed by atoms with Gasteiger partial charge in [-0.25, -0.2) is 0 Å². The predicted molar refractivity (Wildman–Crippen MR) is 58.9 cm³/mol.